The van der Waals surface area contributed by atoms with E-state index >= 15 is 0 Å². The Morgan fingerprint density at radius 2 is 1.58 bits per heavy atom. The number of carbonyl (C=O) groups excluding carboxylic acids is 2. The van der Waals surface area contributed by atoms with E-state index < -0.39 is 5.91 Å². The second-order valence-corrected chi connectivity index (χ2v) is 7.27. The van der Waals surface area contributed by atoms with E-state index in [0.29, 0.717) is 27.2 Å². The average Bonchev–Trinajstić information content (AvgIpc) is 3.07. The van der Waals surface area contributed by atoms with Crippen molar-refractivity contribution < 1.29 is 9.59 Å². The van der Waals surface area contributed by atoms with Crippen molar-refractivity contribution in [1.82, 2.24) is 9.88 Å². The molecule has 3 aromatic carbocycles. The summed E-state index contributed by atoms with van der Waals surface area (Å²) >= 11 is 3.44. The Balaban J connectivity index is 2.22. The smallest absolute Gasteiger partial charge is 0.262 e. The number of H-pyrrole nitrogens is 1. The molecular formula is C20H11BrN2O3. The monoisotopic (exact) mass is 406 g/mol. The first-order chi connectivity index (χ1) is 12.5. The fraction of sp³-hybridized carbons (Fsp3) is 0.0500. The van der Waals surface area contributed by atoms with Crippen molar-refractivity contribution >= 4 is 60.3 Å². The number of halogens is 1. The summed E-state index contributed by atoms with van der Waals surface area (Å²) in [6.07, 6.45) is 0. The highest BCUT2D eigenvalue weighted by atomic mass is 79.9. The van der Waals surface area contributed by atoms with Gasteiger partial charge in [0.05, 0.1) is 16.6 Å². The molecule has 0 unspecified atom stereocenters. The van der Waals surface area contributed by atoms with E-state index in [-0.39, 0.29) is 16.9 Å². The lowest BCUT2D eigenvalue weighted by molar-refractivity contribution is 0.0694. The Morgan fingerprint density at radius 3 is 2.35 bits per heavy atom. The largest absolute Gasteiger partial charge is 0.351 e. The van der Waals surface area contributed by atoms with Crippen molar-refractivity contribution in [2.75, 3.05) is 7.05 Å². The number of amides is 2. The van der Waals surface area contributed by atoms with Crippen LogP contribution in [-0.2, 0) is 0 Å². The molecule has 0 fully saturated rings. The first-order valence-corrected chi connectivity index (χ1v) is 8.80. The van der Waals surface area contributed by atoms with Gasteiger partial charge in [-0.15, -0.1) is 0 Å². The Bertz CT molecular complexity index is 1370. The van der Waals surface area contributed by atoms with Crippen LogP contribution in [0.5, 0.6) is 0 Å². The molecule has 2 amide bonds. The molecule has 5 rings (SSSR count). The van der Waals surface area contributed by atoms with Crippen molar-refractivity contribution in [3.63, 3.8) is 0 Å². The van der Waals surface area contributed by atoms with Gasteiger partial charge in [0.2, 0.25) is 5.43 Å². The Hall–Kier alpha value is -2.99. The maximum absolute atomic E-state index is 13.2. The number of hydrogen-bond donors (Lipinski definition) is 1. The van der Waals surface area contributed by atoms with E-state index in [1.54, 1.807) is 24.3 Å². The number of aromatic nitrogens is 1. The van der Waals surface area contributed by atoms with E-state index in [2.05, 4.69) is 20.9 Å². The summed E-state index contributed by atoms with van der Waals surface area (Å²) in [7, 11) is 1.47. The maximum atomic E-state index is 13.2. The summed E-state index contributed by atoms with van der Waals surface area (Å²) in [6, 6.07) is 12.5. The third-order valence-corrected chi connectivity index (χ3v) is 5.46. The summed E-state index contributed by atoms with van der Waals surface area (Å²) in [4.78, 5) is 43.2. The molecule has 4 aromatic rings. The van der Waals surface area contributed by atoms with Gasteiger partial charge in [-0.25, -0.2) is 0 Å². The second-order valence-electron chi connectivity index (χ2n) is 6.36. The number of aromatic amines is 1. The van der Waals surface area contributed by atoms with Crippen LogP contribution in [0.2, 0.25) is 0 Å². The van der Waals surface area contributed by atoms with E-state index in [1.807, 2.05) is 18.2 Å². The van der Waals surface area contributed by atoms with Crippen molar-refractivity contribution in [3.8, 4) is 0 Å². The summed E-state index contributed by atoms with van der Waals surface area (Å²) in [5, 5.41) is 2.16. The lowest BCUT2D eigenvalue weighted by Crippen LogP contribution is -2.24. The van der Waals surface area contributed by atoms with E-state index in [1.165, 1.54) is 7.05 Å². The second kappa shape index (κ2) is 5.02. The number of rotatable bonds is 0. The van der Waals surface area contributed by atoms with Crippen LogP contribution in [0.4, 0.5) is 0 Å². The fourth-order valence-corrected chi connectivity index (χ4v) is 4.11. The molecule has 1 aliphatic rings. The summed E-state index contributed by atoms with van der Waals surface area (Å²) in [5.74, 6) is -0.779. The molecule has 6 heteroatoms. The van der Waals surface area contributed by atoms with Gasteiger partial charge in [0.15, 0.2) is 0 Å². The van der Waals surface area contributed by atoms with Crippen LogP contribution >= 0.6 is 15.9 Å². The van der Waals surface area contributed by atoms with E-state index in [9.17, 15) is 14.4 Å². The predicted octanol–water partition coefficient (Wildman–Crippen LogP) is 3.82. The summed E-state index contributed by atoms with van der Waals surface area (Å²) < 4.78 is 0.827. The van der Waals surface area contributed by atoms with Crippen molar-refractivity contribution in [2.45, 2.75) is 0 Å². The molecule has 1 aliphatic heterocycles. The highest BCUT2D eigenvalue weighted by Gasteiger charge is 2.37. The third kappa shape index (κ3) is 1.77. The predicted molar refractivity (Wildman–Crippen MR) is 104 cm³/mol. The average molecular weight is 407 g/mol. The van der Waals surface area contributed by atoms with Crippen molar-refractivity contribution in [1.29, 1.82) is 0 Å². The number of benzene rings is 2. The van der Waals surface area contributed by atoms with Crippen LogP contribution in [0.25, 0.3) is 32.6 Å². The zero-order valence-electron chi connectivity index (χ0n) is 13.6. The van der Waals surface area contributed by atoms with Gasteiger partial charge in [0.1, 0.15) is 0 Å². The zero-order chi connectivity index (χ0) is 18.2. The van der Waals surface area contributed by atoms with Gasteiger partial charge >= 0.3 is 0 Å². The fourth-order valence-electron chi connectivity index (χ4n) is 3.75. The molecule has 0 bridgehead atoms. The van der Waals surface area contributed by atoms with Gasteiger partial charge in [-0.2, -0.15) is 0 Å². The molecule has 26 heavy (non-hydrogen) atoms. The van der Waals surface area contributed by atoms with Gasteiger partial charge in [-0.05, 0) is 23.6 Å². The van der Waals surface area contributed by atoms with Crippen molar-refractivity contribution in [3.05, 3.63) is 68.3 Å². The molecule has 1 N–H and O–H groups in total. The molecule has 0 saturated carbocycles. The van der Waals surface area contributed by atoms with Crippen LogP contribution in [0.1, 0.15) is 20.7 Å². The van der Waals surface area contributed by atoms with Crippen LogP contribution in [0.3, 0.4) is 0 Å². The van der Waals surface area contributed by atoms with E-state index in [4.69, 9.17) is 0 Å². The minimum absolute atomic E-state index is 0.222. The third-order valence-electron chi connectivity index (χ3n) is 4.97. The number of nitrogens with zero attached hydrogens (tertiary/aromatic N) is 1. The SMILES string of the molecule is CN1C(=O)c2c(c3c([nH]c4ccc(Br)cc43)c(=O)c3ccccc23)C1=O. The Kier molecular flexibility index (Phi) is 2.95. The molecule has 2 heterocycles. The first-order valence-electron chi connectivity index (χ1n) is 8.01. The van der Waals surface area contributed by atoms with E-state index in [0.717, 1.165) is 20.3 Å². The van der Waals surface area contributed by atoms with Gasteiger partial charge < -0.3 is 4.98 Å². The normalized spacial score (nSPS) is 14.0. The molecule has 0 atom stereocenters. The number of fused-ring (bicyclic) bond motifs is 7. The molecule has 0 spiro atoms. The minimum Gasteiger partial charge on any atom is -0.351 e. The summed E-state index contributed by atoms with van der Waals surface area (Å²) in [5.41, 5.74) is 1.44. The summed E-state index contributed by atoms with van der Waals surface area (Å²) in [6.45, 7) is 0. The maximum Gasteiger partial charge on any atom is 0.262 e. The first kappa shape index (κ1) is 15.3. The quantitative estimate of drug-likeness (QED) is 0.451. The van der Waals surface area contributed by atoms with Crippen LogP contribution < -0.4 is 5.43 Å². The number of hydrogen-bond acceptors (Lipinski definition) is 3. The molecule has 1 aromatic heterocycles. The van der Waals surface area contributed by atoms with Gasteiger partial charge in [0, 0.05) is 33.2 Å². The molecular weight excluding hydrogens is 396 g/mol. The lowest BCUT2D eigenvalue weighted by Gasteiger charge is -2.04. The molecule has 126 valence electrons. The Morgan fingerprint density at radius 1 is 0.885 bits per heavy atom. The highest BCUT2D eigenvalue weighted by molar-refractivity contribution is 9.10. The van der Waals surface area contributed by atoms with Gasteiger partial charge in [0.25, 0.3) is 11.8 Å². The number of carbonyl (C=O) groups is 2. The molecule has 5 nitrogen and oxygen atoms in total. The topological polar surface area (TPSA) is 70.2 Å². The van der Waals surface area contributed by atoms with Crippen LogP contribution in [0.15, 0.2) is 51.7 Å². The molecule has 0 aliphatic carbocycles. The highest BCUT2D eigenvalue weighted by Crippen LogP contribution is 2.36. The molecule has 0 radical (unpaired) electrons. The zero-order valence-corrected chi connectivity index (χ0v) is 15.2. The molecule has 0 saturated heterocycles. The number of imide groups is 1. The minimum atomic E-state index is -0.392. The van der Waals surface area contributed by atoms with Crippen LogP contribution in [0, 0.1) is 0 Å². The van der Waals surface area contributed by atoms with Gasteiger partial charge in [-0.3, -0.25) is 19.3 Å². The van der Waals surface area contributed by atoms with Crippen LogP contribution in [-0.4, -0.2) is 28.7 Å². The Labute approximate surface area is 155 Å². The number of nitrogens with one attached hydrogen (secondary N) is 1. The lowest BCUT2D eigenvalue weighted by atomic mass is 10.0. The standard InChI is InChI=1S/C20H11BrN2O3/c1-23-19(25)15-10-4-2-3-5-11(10)18(24)17-14(16(15)20(23)26)12-8-9(21)6-7-13(12)22-17/h2-8,22H,1H3. The van der Waals surface area contributed by atoms with Crippen molar-refractivity contribution in [2.24, 2.45) is 0 Å². The van der Waals surface area contributed by atoms with Gasteiger partial charge in [-0.1, -0.05) is 40.2 Å².